The van der Waals surface area contributed by atoms with E-state index in [1.807, 2.05) is 81.9 Å². The number of amides is 1. The van der Waals surface area contributed by atoms with Gasteiger partial charge >= 0.3 is 0 Å². The van der Waals surface area contributed by atoms with Crippen molar-refractivity contribution < 1.29 is 13.6 Å². The summed E-state index contributed by atoms with van der Waals surface area (Å²) in [6, 6.07) is 7.25. The first kappa shape index (κ1) is 36.6. The largest absolute Gasteiger partial charge is 0.350 e. The summed E-state index contributed by atoms with van der Waals surface area (Å²) >= 11 is 0. The van der Waals surface area contributed by atoms with E-state index in [4.69, 9.17) is 0 Å². The number of hydrogen-bond donors (Lipinski definition) is 2. The van der Waals surface area contributed by atoms with Gasteiger partial charge in [0.25, 0.3) is 12.3 Å². The highest BCUT2D eigenvalue weighted by atomic mass is 32.1. The number of nitrogens with one attached hydrogen (secondary N) is 2. The van der Waals surface area contributed by atoms with Crippen molar-refractivity contribution in [1.82, 2.24) is 30.3 Å². The molecule has 5 atom stereocenters. The van der Waals surface area contributed by atoms with Crippen LogP contribution in [-0.4, -0.2) is 63.9 Å². The molecule has 7 rings (SSSR count). The molecule has 0 radical (unpaired) electrons. The highest BCUT2D eigenvalue weighted by Crippen LogP contribution is 2.44. The maximum atomic E-state index is 13.7. The fourth-order valence-corrected chi connectivity index (χ4v) is 6.37. The SMILES string of the molecule is CC.CC.CN1NC2NC(C(F)F)C=C([C@H]3CC[C@H]4CC[C@H]3CN4C(=O)c3cn(C)c4ccccc34)N21.S.S.S. The van der Waals surface area contributed by atoms with Gasteiger partial charge in [-0.05, 0) is 43.7 Å². The fraction of sp³-hybridized carbons (Fsp3) is 0.607. The number of benzene rings is 1. The number of nitrogens with zero attached hydrogens (tertiary/aromatic N) is 4. The zero-order valence-corrected chi connectivity index (χ0v) is 27.4. The Labute approximate surface area is 259 Å². The molecule has 40 heavy (non-hydrogen) atoms. The van der Waals surface area contributed by atoms with E-state index in [0.717, 1.165) is 47.8 Å². The van der Waals surface area contributed by atoms with Gasteiger partial charge in [-0.15, -0.1) is 0 Å². The number of aromatic nitrogens is 1. The highest BCUT2D eigenvalue weighted by molar-refractivity contribution is 7.59. The van der Waals surface area contributed by atoms with Gasteiger partial charge in [0.1, 0.15) is 0 Å². The number of aryl methyl sites for hydroxylation is 1. The number of carbonyl (C=O) groups excluding carboxylic acids is 1. The second kappa shape index (κ2) is 15.7. The molecule has 1 amide bonds. The third-order valence-corrected chi connectivity index (χ3v) is 8.00. The van der Waals surface area contributed by atoms with Crippen molar-refractivity contribution in [2.24, 2.45) is 18.9 Å². The lowest BCUT2D eigenvalue weighted by Crippen LogP contribution is -2.79. The molecule has 2 unspecified atom stereocenters. The van der Waals surface area contributed by atoms with Gasteiger partial charge in [-0.1, -0.05) is 45.9 Å². The Hall–Kier alpha value is -1.44. The maximum Gasteiger partial charge on any atom is 0.257 e. The Bertz CT molecular complexity index is 1130. The normalized spacial score (nSPS) is 26.7. The molecule has 3 saturated heterocycles. The summed E-state index contributed by atoms with van der Waals surface area (Å²) in [6.07, 6.45) is 4.71. The molecule has 2 bridgehead atoms. The zero-order valence-electron chi connectivity index (χ0n) is 24.4. The number of para-hydroxylation sites is 1. The third kappa shape index (κ3) is 6.62. The predicted octanol–water partition coefficient (Wildman–Crippen LogP) is 5.27. The number of piperidine rings is 1. The van der Waals surface area contributed by atoms with Crippen LogP contribution in [0, 0.1) is 11.8 Å². The second-order valence-corrected chi connectivity index (χ2v) is 9.82. The summed E-state index contributed by atoms with van der Waals surface area (Å²) in [5.74, 6) is 0.517. The standard InChI is InChI=1S/C24H30F2N6O.2C2H6.3H2S/c1-29-13-18(17-5-3-4-6-20(17)29)23(33)31-12-14-7-8-15(31)9-10-16(14)21-11-19(22(25)26)27-24-28-30(2)32(21)24;2*1-2;;;/h3-6,11,13-16,19,22,24,27-28H,7-10,12H2,1-2H3;2*1-2H3;3*1H2/t14-,15+,16-,19?,24?;;;;;/m0...../s1. The predicted molar refractivity (Wildman–Crippen MR) is 175 cm³/mol. The molecule has 12 heteroatoms. The number of halogens is 2. The van der Waals surface area contributed by atoms with E-state index < -0.39 is 12.5 Å². The van der Waals surface area contributed by atoms with Crippen molar-refractivity contribution in [1.29, 1.82) is 0 Å². The first-order valence-corrected chi connectivity index (χ1v) is 13.8. The van der Waals surface area contributed by atoms with Gasteiger partial charge in [-0.2, -0.15) is 45.6 Å². The fourth-order valence-electron chi connectivity index (χ4n) is 6.37. The molecular weight excluding hydrogens is 571 g/mol. The van der Waals surface area contributed by atoms with Crippen LogP contribution < -0.4 is 10.7 Å². The maximum absolute atomic E-state index is 13.7. The number of hydrogen-bond acceptors (Lipinski definition) is 5. The smallest absolute Gasteiger partial charge is 0.257 e. The van der Waals surface area contributed by atoms with Gasteiger partial charge in [0.15, 0.2) is 6.29 Å². The number of fused-ring (bicyclic) bond motifs is 6. The zero-order chi connectivity index (χ0) is 26.9. The summed E-state index contributed by atoms with van der Waals surface area (Å²) in [5.41, 5.74) is 5.90. The van der Waals surface area contributed by atoms with E-state index in [9.17, 15) is 13.6 Å². The van der Waals surface area contributed by atoms with E-state index in [2.05, 4.69) is 20.7 Å². The van der Waals surface area contributed by atoms with Crippen LogP contribution in [0.4, 0.5) is 8.78 Å². The van der Waals surface area contributed by atoms with Crippen LogP contribution in [0.5, 0.6) is 0 Å². The molecule has 0 spiro atoms. The Morgan fingerprint density at radius 1 is 0.975 bits per heavy atom. The summed E-state index contributed by atoms with van der Waals surface area (Å²) in [5, 5.41) is 7.86. The molecule has 1 aromatic carbocycles. The van der Waals surface area contributed by atoms with Crippen molar-refractivity contribution in [3.8, 4) is 0 Å². The summed E-state index contributed by atoms with van der Waals surface area (Å²) in [4.78, 5) is 15.8. The van der Waals surface area contributed by atoms with Crippen molar-refractivity contribution in [3.63, 3.8) is 0 Å². The van der Waals surface area contributed by atoms with E-state index in [1.54, 1.807) is 6.08 Å². The Kier molecular flexibility index (Phi) is 14.4. The van der Waals surface area contributed by atoms with Crippen LogP contribution in [0.2, 0.25) is 0 Å². The van der Waals surface area contributed by atoms with Crippen LogP contribution >= 0.6 is 40.5 Å². The van der Waals surface area contributed by atoms with Crippen LogP contribution in [0.15, 0.2) is 42.2 Å². The number of rotatable bonds is 3. The number of allylic oxidation sites excluding steroid dienone is 1. The van der Waals surface area contributed by atoms with Crippen molar-refractivity contribution >= 4 is 57.3 Å². The third-order valence-electron chi connectivity index (χ3n) is 8.00. The van der Waals surface area contributed by atoms with Gasteiger partial charge < -0.3 is 9.47 Å². The minimum absolute atomic E-state index is 0. The molecule has 1 saturated carbocycles. The van der Waals surface area contributed by atoms with Gasteiger partial charge in [0.2, 0.25) is 0 Å². The van der Waals surface area contributed by atoms with Crippen molar-refractivity contribution in [2.75, 3.05) is 13.6 Å². The molecule has 5 heterocycles. The van der Waals surface area contributed by atoms with Crippen LogP contribution in [0.1, 0.15) is 63.7 Å². The molecule has 7 nitrogen and oxygen atoms in total. The Morgan fingerprint density at radius 2 is 1.62 bits per heavy atom. The molecular formula is C28H48F2N6OS3. The molecule has 1 aromatic heterocycles. The van der Waals surface area contributed by atoms with Gasteiger partial charge in [0, 0.05) is 55.4 Å². The van der Waals surface area contributed by atoms with Crippen LogP contribution in [-0.2, 0) is 7.05 Å². The molecule has 1 aliphatic carbocycles. The first-order chi connectivity index (χ1) is 17.9. The van der Waals surface area contributed by atoms with Crippen molar-refractivity contribution in [2.45, 2.75) is 78.2 Å². The second-order valence-electron chi connectivity index (χ2n) is 9.82. The highest BCUT2D eigenvalue weighted by Gasteiger charge is 2.48. The average molecular weight is 619 g/mol. The summed E-state index contributed by atoms with van der Waals surface area (Å²) in [6.45, 7) is 8.68. The molecule has 5 aliphatic rings. The molecule has 4 fully saturated rings. The lowest BCUT2D eigenvalue weighted by atomic mass is 9.82. The summed E-state index contributed by atoms with van der Waals surface area (Å²) < 4.78 is 29.2. The van der Waals surface area contributed by atoms with Crippen LogP contribution in [0.3, 0.4) is 0 Å². The molecule has 228 valence electrons. The average Bonchev–Trinajstić information content (AvgIpc) is 3.04. The molecule has 2 N–H and O–H groups in total. The number of hydrazine groups is 2. The Balaban J connectivity index is 0.00000110. The quantitative estimate of drug-likeness (QED) is 0.491. The Morgan fingerprint density at radius 3 is 2.27 bits per heavy atom. The van der Waals surface area contributed by atoms with Crippen LogP contribution in [0.25, 0.3) is 10.9 Å². The van der Waals surface area contributed by atoms with E-state index in [0.29, 0.717) is 6.54 Å². The lowest BCUT2D eigenvalue weighted by Gasteiger charge is -2.57. The minimum atomic E-state index is -2.46. The van der Waals surface area contributed by atoms with E-state index in [-0.39, 0.29) is 70.6 Å². The topological polar surface area (TPSA) is 55.8 Å². The monoisotopic (exact) mass is 618 g/mol. The lowest BCUT2D eigenvalue weighted by molar-refractivity contribution is -0.218. The summed E-state index contributed by atoms with van der Waals surface area (Å²) in [7, 11) is 3.87. The van der Waals surface area contributed by atoms with Gasteiger partial charge in [-0.3, -0.25) is 15.1 Å². The van der Waals surface area contributed by atoms with Crippen molar-refractivity contribution in [3.05, 3.63) is 47.8 Å². The molecule has 4 aliphatic heterocycles. The van der Waals surface area contributed by atoms with E-state index in [1.165, 1.54) is 0 Å². The number of alkyl halides is 2. The van der Waals surface area contributed by atoms with E-state index >= 15 is 0 Å². The van der Waals surface area contributed by atoms with Gasteiger partial charge in [-0.25, -0.2) is 14.2 Å². The number of carbonyl (C=O) groups is 1. The van der Waals surface area contributed by atoms with Gasteiger partial charge in [0.05, 0.1) is 11.6 Å². The molecule has 2 aromatic rings. The first-order valence-electron chi connectivity index (χ1n) is 13.8. The minimum Gasteiger partial charge on any atom is -0.350 e.